The number of fused-ring (bicyclic) bond motifs is 3. The van der Waals surface area contributed by atoms with E-state index >= 15 is 0 Å². The van der Waals surface area contributed by atoms with E-state index in [9.17, 15) is 0 Å². The summed E-state index contributed by atoms with van der Waals surface area (Å²) in [4.78, 5) is 15.9. The van der Waals surface area contributed by atoms with Crippen molar-refractivity contribution in [1.82, 2.24) is 28.7 Å². The highest BCUT2D eigenvalue weighted by Crippen LogP contribution is 2.35. The molecule has 0 radical (unpaired) electrons. The lowest BCUT2D eigenvalue weighted by molar-refractivity contribution is 1.04. The third-order valence-electron chi connectivity index (χ3n) is 9.65. The van der Waals surface area contributed by atoms with Gasteiger partial charge in [0.1, 0.15) is 0 Å². The maximum absolute atomic E-state index is 5.29. The molecule has 0 aliphatic rings. The fourth-order valence-corrected chi connectivity index (χ4v) is 7.23. The number of hydrogen-bond donors (Lipinski definition) is 0. The molecule has 0 aliphatic carbocycles. The zero-order valence-electron chi connectivity index (χ0n) is 27.5. The van der Waals surface area contributed by atoms with Crippen LogP contribution in [0.15, 0.2) is 182 Å². The number of para-hydroxylation sites is 6. The summed E-state index contributed by atoms with van der Waals surface area (Å²) >= 11 is 0. The molecule has 0 amide bonds. The van der Waals surface area contributed by atoms with Gasteiger partial charge in [-0.15, -0.1) is 0 Å². The van der Waals surface area contributed by atoms with Crippen LogP contribution in [-0.4, -0.2) is 28.7 Å². The van der Waals surface area contributed by atoms with Crippen molar-refractivity contribution < 1.29 is 0 Å². The average Bonchev–Trinajstić information content (AvgIpc) is 3.95. The molecule has 0 atom stereocenters. The second-order valence-electron chi connectivity index (χ2n) is 12.6. The summed E-state index contributed by atoms with van der Waals surface area (Å²) < 4.78 is 6.65. The molecule has 0 unspecified atom stereocenters. The van der Waals surface area contributed by atoms with Crippen molar-refractivity contribution in [1.29, 1.82) is 0 Å². The standard InChI is InChI=1S/C45H30N6/c1-7-19-37-31(13-1)25-28-49(37)40-22-10-4-16-34(40)43-46-44(35-17-5-11-23-41(35)50-29-26-32-14-2-8-20-38(32)50)48-45(47-43)36-18-6-12-24-42(36)51-30-27-33-15-3-9-21-39(33)51/h1-30H. The first-order valence-electron chi connectivity index (χ1n) is 17.0. The third kappa shape index (κ3) is 4.84. The van der Waals surface area contributed by atoms with Crippen LogP contribution in [0.1, 0.15) is 0 Å². The third-order valence-corrected chi connectivity index (χ3v) is 9.65. The number of aromatic nitrogens is 6. The van der Waals surface area contributed by atoms with Crippen LogP contribution in [0, 0.1) is 0 Å². The Labute approximate surface area is 294 Å². The van der Waals surface area contributed by atoms with Gasteiger partial charge >= 0.3 is 0 Å². The minimum atomic E-state index is 0.600. The Balaban J connectivity index is 1.24. The lowest BCUT2D eigenvalue weighted by Gasteiger charge is -2.16. The van der Waals surface area contributed by atoms with Gasteiger partial charge in [0.15, 0.2) is 17.5 Å². The van der Waals surface area contributed by atoms with E-state index in [-0.39, 0.29) is 0 Å². The predicted octanol–water partition coefficient (Wildman–Crippen LogP) is 10.7. The Morgan fingerprint density at radius 2 is 0.549 bits per heavy atom. The van der Waals surface area contributed by atoms with Gasteiger partial charge in [0, 0.05) is 35.3 Å². The van der Waals surface area contributed by atoms with E-state index in [1.165, 1.54) is 16.2 Å². The van der Waals surface area contributed by atoms with Crippen LogP contribution in [0.3, 0.4) is 0 Å². The van der Waals surface area contributed by atoms with Gasteiger partial charge in [0.05, 0.1) is 33.6 Å². The summed E-state index contributed by atoms with van der Waals surface area (Å²) in [6.07, 6.45) is 6.35. The van der Waals surface area contributed by atoms with Crippen LogP contribution in [0.5, 0.6) is 0 Å². The van der Waals surface area contributed by atoms with E-state index < -0.39 is 0 Å². The summed E-state index contributed by atoms with van der Waals surface area (Å²) in [6.45, 7) is 0. The van der Waals surface area contributed by atoms with E-state index in [2.05, 4.69) is 178 Å². The van der Waals surface area contributed by atoms with E-state index in [0.717, 1.165) is 50.3 Å². The second-order valence-corrected chi connectivity index (χ2v) is 12.6. The first-order valence-corrected chi connectivity index (χ1v) is 17.0. The van der Waals surface area contributed by atoms with Gasteiger partial charge in [-0.3, -0.25) is 0 Å². The maximum Gasteiger partial charge on any atom is 0.166 e. The summed E-state index contributed by atoms with van der Waals surface area (Å²) in [6, 6.07) is 56.7. The van der Waals surface area contributed by atoms with Crippen molar-refractivity contribution in [2.45, 2.75) is 0 Å². The molecule has 0 saturated heterocycles. The van der Waals surface area contributed by atoms with Crippen LogP contribution in [0.4, 0.5) is 0 Å². The van der Waals surface area contributed by atoms with Crippen molar-refractivity contribution in [3.8, 4) is 51.2 Å². The van der Waals surface area contributed by atoms with E-state index in [1.807, 2.05) is 18.2 Å². The molecule has 51 heavy (non-hydrogen) atoms. The molecule has 0 bridgehead atoms. The second kappa shape index (κ2) is 11.8. The van der Waals surface area contributed by atoms with Crippen molar-refractivity contribution >= 4 is 32.7 Å². The molecule has 6 nitrogen and oxygen atoms in total. The van der Waals surface area contributed by atoms with E-state index in [4.69, 9.17) is 15.0 Å². The Bertz CT molecular complexity index is 2560. The van der Waals surface area contributed by atoms with Crippen molar-refractivity contribution in [2.24, 2.45) is 0 Å². The highest BCUT2D eigenvalue weighted by molar-refractivity contribution is 5.87. The molecule has 240 valence electrons. The highest BCUT2D eigenvalue weighted by atomic mass is 15.1. The molecule has 0 fully saturated rings. The SMILES string of the molecule is c1ccc(-n2ccc3ccccc32)c(-c2nc(-c3ccccc3-n3ccc4ccccc43)nc(-c3ccccc3-n3ccc4ccccc43)n2)c1. The normalized spacial score (nSPS) is 11.5. The van der Waals surface area contributed by atoms with Crippen molar-refractivity contribution in [3.63, 3.8) is 0 Å². The molecule has 0 saturated carbocycles. The smallest absolute Gasteiger partial charge is 0.166 e. The average molecular weight is 655 g/mol. The first-order chi connectivity index (χ1) is 25.3. The maximum atomic E-state index is 5.29. The largest absolute Gasteiger partial charge is 0.316 e. The Morgan fingerprint density at radius 3 is 0.882 bits per heavy atom. The molecule has 10 rings (SSSR count). The molecular weight excluding hydrogens is 625 g/mol. The van der Waals surface area contributed by atoms with Crippen LogP contribution < -0.4 is 0 Å². The van der Waals surface area contributed by atoms with Gasteiger partial charge in [0.25, 0.3) is 0 Å². The number of nitrogens with zero attached hydrogens (tertiary/aromatic N) is 6. The number of rotatable bonds is 6. The molecule has 4 heterocycles. The van der Waals surface area contributed by atoms with Gasteiger partial charge in [-0.2, -0.15) is 0 Å². The lowest BCUT2D eigenvalue weighted by Crippen LogP contribution is -2.06. The van der Waals surface area contributed by atoms with E-state index in [1.54, 1.807) is 0 Å². The van der Waals surface area contributed by atoms with Crippen LogP contribution >= 0.6 is 0 Å². The molecule has 0 aliphatic heterocycles. The summed E-state index contributed by atoms with van der Waals surface area (Å²) in [5.74, 6) is 1.80. The van der Waals surface area contributed by atoms with Gasteiger partial charge in [-0.25, -0.2) is 15.0 Å². The molecule has 4 aromatic heterocycles. The summed E-state index contributed by atoms with van der Waals surface area (Å²) in [7, 11) is 0. The van der Waals surface area contributed by atoms with Gasteiger partial charge in [0.2, 0.25) is 0 Å². The van der Waals surface area contributed by atoms with Gasteiger partial charge in [-0.05, 0) is 89.0 Å². The summed E-state index contributed by atoms with van der Waals surface area (Å²) in [5.41, 5.74) is 9.09. The monoisotopic (exact) mass is 654 g/mol. The zero-order chi connectivity index (χ0) is 33.7. The molecular formula is C45H30N6. The molecule has 10 aromatic rings. The Hall–Kier alpha value is -7.05. The number of hydrogen-bond acceptors (Lipinski definition) is 3. The zero-order valence-corrected chi connectivity index (χ0v) is 27.5. The van der Waals surface area contributed by atoms with Crippen molar-refractivity contribution in [2.75, 3.05) is 0 Å². The quantitative estimate of drug-likeness (QED) is 0.179. The minimum absolute atomic E-state index is 0.600. The van der Waals surface area contributed by atoms with Crippen LogP contribution in [-0.2, 0) is 0 Å². The van der Waals surface area contributed by atoms with Crippen molar-refractivity contribution in [3.05, 3.63) is 182 Å². The molecule has 6 heteroatoms. The van der Waals surface area contributed by atoms with E-state index in [0.29, 0.717) is 17.5 Å². The Kier molecular flexibility index (Phi) is 6.70. The fourth-order valence-electron chi connectivity index (χ4n) is 7.23. The fraction of sp³-hybridized carbons (Fsp3) is 0. The molecule has 0 N–H and O–H groups in total. The van der Waals surface area contributed by atoms with Gasteiger partial charge in [-0.1, -0.05) is 91.0 Å². The van der Waals surface area contributed by atoms with Crippen LogP contribution in [0.2, 0.25) is 0 Å². The van der Waals surface area contributed by atoms with Crippen LogP contribution in [0.25, 0.3) is 83.9 Å². The summed E-state index contributed by atoms with van der Waals surface area (Å²) in [5, 5.41) is 3.51. The highest BCUT2D eigenvalue weighted by Gasteiger charge is 2.20. The number of benzene rings is 6. The minimum Gasteiger partial charge on any atom is -0.316 e. The molecule has 0 spiro atoms. The molecule has 6 aromatic carbocycles. The van der Waals surface area contributed by atoms with Gasteiger partial charge < -0.3 is 13.7 Å². The topological polar surface area (TPSA) is 53.5 Å². The first kappa shape index (κ1) is 28.9. The Morgan fingerprint density at radius 1 is 0.275 bits per heavy atom. The lowest BCUT2D eigenvalue weighted by atomic mass is 10.1. The predicted molar refractivity (Wildman–Crippen MR) is 207 cm³/mol.